The summed E-state index contributed by atoms with van der Waals surface area (Å²) in [4.78, 5) is 15.8. The highest BCUT2D eigenvalue weighted by atomic mass is 19.4. The third kappa shape index (κ3) is 3.09. The third-order valence-corrected chi connectivity index (χ3v) is 3.93. The van der Waals surface area contributed by atoms with Gasteiger partial charge in [0.1, 0.15) is 5.75 Å². The summed E-state index contributed by atoms with van der Waals surface area (Å²) >= 11 is 0. The maximum atomic E-state index is 13.8. The maximum absolute atomic E-state index is 13.8. The molecule has 0 saturated heterocycles. The number of carbonyl (C=O) groups excluding carboxylic acids is 1. The summed E-state index contributed by atoms with van der Waals surface area (Å²) in [5.74, 6) is -1.24. The zero-order valence-corrected chi connectivity index (χ0v) is 13.2. The number of hydrogen-bond donors (Lipinski definition) is 0. The zero-order valence-electron chi connectivity index (χ0n) is 13.2. The van der Waals surface area contributed by atoms with Gasteiger partial charge in [-0.05, 0) is 29.8 Å². The van der Waals surface area contributed by atoms with E-state index in [0.717, 1.165) is 0 Å². The van der Waals surface area contributed by atoms with Crippen molar-refractivity contribution in [2.45, 2.75) is 18.1 Å². The van der Waals surface area contributed by atoms with Gasteiger partial charge in [0.05, 0.1) is 7.11 Å². The molecule has 0 amide bonds. The number of esters is 1. The fraction of sp³-hybridized carbons (Fsp3) is 0.222. The topological polar surface area (TPSA) is 47.9 Å². The van der Waals surface area contributed by atoms with Crippen LogP contribution in [0.2, 0.25) is 0 Å². The Bertz CT molecular complexity index is 801. The molecule has 130 valence electrons. The van der Waals surface area contributed by atoms with Crippen LogP contribution in [-0.2, 0) is 16.0 Å². The monoisotopic (exact) mass is 349 g/mol. The van der Waals surface area contributed by atoms with Crippen LogP contribution in [-0.4, -0.2) is 30.7 Å². The van der Waals surface area contributed by atoms with Gasteiger partial charge in [0.2, 0.25) is 5.90 Å². The van der Waals surface area contributed by atoms with Crippen LogP contribution in [0.3, 0.4) is 0 Å². The lowest BCUT2D eigenvalue weighted by atomic mass is 9.91. The number of cyclic esters (lactones) is 1. The molecule has 0 bridgehead atoms. The number of rotatable bonds is 4. The summed E-state index contributed by atoms with van der Waals surface area (Å²) in [5, 5.41) is 0. The van der Waals surface area contributed by atoms with E-state index in [0.29, 0.717) is 16.9 Å². The molecule has 1 heterocycles. The van der Waals surface area contributed by atoms with E-state index < -0.39 is 24.1 Å². The van der Waals surface area contributed by atoms with Gasteiger partial charge in [-0.1, -0.05) is 30.3 Å². The molecule has 0 radical (unpaired) electrons. The molecule has 7 heteroatoms. The van der Waals surface area contributed by atoms with Crippen LogP contribution in [0, 0.1) is 0 Å². The number of carbonyl (C=O) groups is 1. The molecular formula is C18H14F3NO3. The first kappa shape index (κ1) is 17.0. The molecule has 2 aromatic rings. The van der Waals surface area contributed by atoms with Crippen LogP contribution >= 0.6 is 0 Å². The number of halogens is 3. The molecule has 3 rings (SSSR count). The highest BCUT2D eigenvalue weighted by molar-refractivity contribution is 6.08. The lowest BCUT2D eigenvalue weighted by Crippen LogP contribution is -2.50. The number of hydrogen-bond acceptors (Lipinski definition) is 4. The van der Waals surface area contributed by atoms with E-state index >= 15 is 0 Å². The van der Waals surface area contributed by atoms with E-state index in [1.165, 1.54) is 43.5 Å². The van der Waals surface area contributed by atoms with Crippen molar-refractivity contribution in [3.05, 3.63) is 65.7 Å². The van der Waals surface area contributed by atoms with Crippen molar-refractivity contribution in [2.24, 2.45) is 4.99 Å². The predicted octanol–water partition coefficient (Wildman–Crippen LogP) is 3.54. The van der Waals surface area contributed by atoms with Gasteiger partial charge in [-0.3, -0.25) is 0 Å². The van der Waals surface area contributed by atoms with E-state index in [-0.39, 0.29) is 5.90 Å². The molecule has 1 aliphatic heterocycles. The Morgan fingerprint density at radius 2 is 1.72 bits per heavy atom. The van der Waals surface area contributed by atoms with E-state index in [1.54, 1.807) is 18.2 Å². The number of benzene rings is 2. The number of methoxy groups -OCH3 is 1. The first-order valence-electron chi connectivity index (χ1n) is 7.43. The lowest BCUT2D eigenvalue weighted by Gasteiger charge is -2.24. The molecule has 0 spiro atoms. The molecule has 1 atom stereocenters. The summed E-state index contributed by atoms with van der Waals surface area (Å²) in [5.41, 5.74) is -2.34. The minimum absolute atomic E-state index is 0.299. The molecule has 1 aliphatic rings. The Morgan fingerprint density at radius 1 is 1.08 bits per heavy atom. The summed E-state index contributed by atoms with van der Waals surface area (Å²) in [6.45, 7) is 0. The Kier molecular flexibility index (Phi) is 4.24. The molecule has 1 unspecified atom stereocenters. The van der Waals surface area contributed by atoms with Crippen molar-refractivity contribution in [2.75, 3.05) is 7.11 Å². The van der Waals surface area contributed by atoms with Gasteiger partial charge >= 0.3 is 12.1 Å². The summed E-state index contributed by atoms with van der Waals surface area (Å²) < 4.78 is 51.1. The van der Waals surface area contributed by atoms with Gasteiger partial charge in [-0.15, -0.1) is 0 Å². The molecule has 25 heavy (non-hydrogen) atoms. The molecule has 0 saturated carbocycles. The highest BCUT2D eigenvalue weighted by Crippen LogP contribution is 2.41. The van der Waals surface area contributed by atoms with Crippen LogP contribution in [0.25, 0.3) is 0 Å². The summed E-state index contributed by atoms with van der Waals surface area (Å²) in [6.07, 6.45) is -5.53. The zero-order chi connectivity index (χ0) is 18.1. The van der Waals surface area contributed by atoms with Crippen LogP contribution in [0.15, 0.2) is 59.6 Å². The lowest BCUT2D eigenvalue weighted by molar-refractivity contribution is -0.195. The molecule has 2 aromatic carbocycles. The van der Waals surface area contributed by atoms with Crippen molar-refractivity contribution in [3.63, 3.8) is 0 Å². The van der Waals surface area contributed by atoms with Crippen molar-refractivity contribution in [3.8, 4) is 5.75 Å². The van der Waals surface area contributed by atoms with Crippen LogP contribution in [0.5, 0.6) is 5.75 Å². The van der Waals surface area contributed by atoms with E-state index in [4.69, 9.17) is 9.47 Å². The fourth-order valence-corrected chi connectivity index (χ4v) is 2.55. The second kappa shape index (κ2) is 6.23. The van der Waals surface area contributed by atoms with Gasteiger partial charge < -0.3 is 9.47 Å². The molecule has 0 fully saturated rings. The normalized spacial score (nSPS) is 20.2. The van der Waals surface area contributed by atoms with Crippen molar-refractivity contribution in [1.82, 2.24) is 0 Å². The Labute approximate surface area is 141 Å². The van der Waals surface area contributed by atoms with Crippen molar-refractivity contribution in [1.29, 1.82) is 0 Å². The van der Waals surface area contributed by atoms with E-state index in [2.05, 4.69) is 4.99 Å². The van der Waals surface area contributed by atoms with Crippen molar-refractivity contribution >= 4 is 11.9 Å². The first-order valence-corrected chi connectivity index (χ1v) is 7.43. The van der Waals surface area contributed by atoms with E-state index in [9.17, 15) is 18.0 Å². The first-order chi connectivity index (χ1) is 11.9. The van der Waals surface area contributed by atoms with Crippen LogP contribution in [0.1, 0.15) is 11.1 Å². The minimum Gasteiger partial charge on any atom is -0.497 e. The number of nitrogens with zero attached hydrogens (tertiary/aromatic N) is 1. The average molecular weight is 349 g/mol. The summed E-state index contributed by atoms with van der Waals surface area (Å²) in [6, 6.07) is 14.0. The molecule has 4 nitrogen and oxygen atoms in total. The van der Waals surface area contributed by atoms with Gasteiger partial charge in [-0.2, -0.15) is 13.2 Å². The Balaban J connectivity index is 2.01. The largest absolute Gasteiger partial charge is 0.497 e. The molecular weight excluding hydrogens is 335 g/mol. The van der Waals surface area contributed by atoms with Gasteiger partial charge in [-0.25, -0.2) is 9.79 Å². The number of aliphatic imine (C=N–C) groups is 1. The number of ether oxygens (including phenoxy) is 2. The standard InChI is InChI=1S/C18H14F3NO3/c1-24-14-9-7-12(8-10-14)11-17(18(19,20)21)16(23)25-15(22-17)13-5-3-2-4-6-13/h2-10H,11H2,1H3. The Hall–Kier alpha value is -2.83. The second-order valence-electron chi connectivity index (χ2n) is 5.56. The number of alkyl halides is 3. The fourth-order valence-electron chi connectivity index (χ4n) is 2.55. The Morgan fingerprint density at radius 3 is 2.28 bits per heavy atom. The molecule has 0 aromatic heterocycles. The van der Waals surface area contributed by atoms with Crippen LogP contribution < -0.4 is 4.74 Å². The average Bonchev–Trinajstić information content (AvgIpc) is 2.94. The van der Waals surface area contributed by atoms with Gasteiger partial charge in [0.15, 0.2) is 0 Å². The quantitative estimate of drug-likeness (QED) is 0.793. The second-order valence-corrected chi connectivity index (χ2v) is 5.56. The van der Waals surface area contributed by atoms with E-state index in [1.807, 2.05) is 0 Å². The summed E-state index contributed by atoms with van der Waals surface area (Å²) in [7, 11) is 1.46. The third-order valence-electron chi connectivity index (χ3n) is 3.93. The highest BCUT2D eigenvalue weighted by Gasteiger charge is 2.65. The maximum Gasteiger partial charge on any atom is 0.424 e. The molecule has 0 N–H and O–H groups in total. The SMILES string of the molecule is COc1ccc(CC2(C(F)(F)F)N=C(c3ccccc3)OC2=O)cc1. The van der Waals surface area contributed by atoms with Crippen LogP contribution in [0.4, 0.5) is 13.2 Å². The minimum atomic E-state index is -4.89. The van der Waals surface area contributed by atoms with Gasteiger partial charge in [0, 0.05) is 12.0 Å². The van der Waals surface area contributed by atoms with Crippen molar-refractivity contribution < 1.29 is 27.4 Å². The predicted molar refractivity (Wildman–Crippen MR) is 84.6 cm³/mol. The van der Waals surface area contributed by atoms with Gasteiger partial charge in [0.25, 0.3) is 5.54 Å². The smallest absolute Gasteiger partial charge is 0.424 e. The molecule has 0 aliphatic carbocycles.